The Kier molecular flexibility index (Phi) is 5.27. The summed E-state index contributed by atoms with van der Waals surface area (Å²) in [5.41, 5.74) is -2.07. The monoisotopic (exact) mass is 451 g/mol. The number of rotatable bonds is 4. The van der Waals surface area contributed by atoms with Crippen LogP contribution in [-0.4, -0.2) is 45.3 Å². The Morgan fingerprint density at radius 2 is 1.82 bits per heavy atom. The summed E-state index contributed by atoms with van der Waals surface area (Å²) in [6.07, 6.45) is 0.599. The van der Waals surface area contributed by atoms with Gasteiger partial charge in [0.05, 0.1) is 13.7 Å². The minimum atomic E-state index is -1.63. The van der Waals surface area contributed by atoms with E-state index in [0.717, 1.165) is 0 Å². The molecule has 172 valence electrons. The number of carbonyl (C=O) groups excluding carboxylic acids is 3. The van der Waals surface area contributed by atoms with Gasteiger partial charge in [-0.1, -0.05) is 30.3 Å². The molecule has 0 saturated carbocycles. The number of methoxy groups -OCH3 is 1. The summed E-state index contributed by atoms with van der Waals surface area (Å²) in [7, 11) is 1.54. The molecule has 33 heavy (non-hydrogen) atoms. The molecule has 1 atom stereocenters. The van der Waals surface area contributed by atoms with Crippen LogP contribution in [0.1, 0.15) is 26.3 Å². The Labute approximate surface area is 190 Å². The maximum Gasteiger partial charge on any atom is 0.425 e. The zero-order chi connectivity index (χ0) is 24.0. The van der Waals surface area contributed by atoms with Gasteiger partial charge in [0.1, 0.15) is 11.4 Å². The predicted octanol–water partition coefficient (Wildman–Crippen LogP) is 3.74. The molecule has 0 aliphatic carbocycles. The fourth-order valence-corrected chi connectivity index (χ4v) is 3.90. The molecular weight excluding hydrogens is 426 g/mol. The average Bonchev–Trinajstić information content (AvgIpc) is 3.20. The predicted molar refractivity (Wildman–Crippen MR) is 120 cm³/mol. The van der Waals surface area contributed by atoms with E-state index >= 15 is 0 Å². The van der Waals surface area contributed by atoms with Gasteiger partial charge >= 0.3 is 12.1 Å². The van der Waals surface area contributed by atoms with Crippen LogP contribution >= 0.6 is 0 Å². The van der Waals surface area contributed by atoms with E-state index in [0.29, 0.717) is 27.0 Å². The zero-order valence-corrected chi connectivity index (χ0v) is 18.8. The Balaban J connectivity index is 1.80. The number of imide groups is 3. The summed E-state index contributed by atoms with van der Waals surface area (Å²) in [6, 6.07) is 12.9. The number of benzene rings is 2. The quantitative estimate of drug-likeness (QED) is 0.585. The molecule has 2 N–H and O–H groups in total. The number of ether oxygens (including phenoxy) is 2. The first kappa shape index (κ1) is 22.2. The molecule has 0 bridgehead atoms. The number of urea groups is 1. The van der Waals surface area contributed by atoms with Gasteiger partial charge < -0.3 is 24.5 Å². The molecule has 1 aromatic heterocycles. The van der Waals surface area contributed by atoms with Crippen molar-refractivity contribution in [2.45, 2.75) is 38.5 Å². The van der Waals surface area contributed by atoms with Crippen LogP contribution in [0.25, 0.3) is 10.8 Å². The van der Waals surface area contributed by atoms with Gasteiger partial charge in [-0.05, 0) is 44.5 Å². The first-order chi connectivity index (χ1) is 15.6. The number of fused-ring (bicyclic) bond motifs is 1. The van der Waals surface area contributed by atoms with Gasteiger partial charge in [-0.15, -0.1) is 0 Å². The molecule has 3 aromatic rings. The van der Waals surface area contributed by atoms with Crippen molar-refractivity contribution in [1.82, 2.24) is 14.8 Å². The minimum absolute atomic E-state index is 0.0827. The van der Waals surface area contributed by atoms with Crippen LogP contribution in [0.5, 0.6) is 11.6 Å². The fourth-order valence-electron chi connectivity index (χ4n) is 3.90. The highest BCUT2D eigenvalue weighted by Gasteiger charge is 2.56. The van der Waals surface area contributed by atoms with Crippen molar-refractivity contribution in [3.05, 3.63) is 60.3 Å². The van der Waals surface area contributed by atoms with E-state index in [4.69, 9.17) is 9.47 Å². The number of hydrogen-bond acceptors (Lipinski definition) is 6. The summed E-state index contributed by atoms with van der Waals surface area (Å²) in [4.78, 5) is 39.6. The molecule has 9 heteroatoms. The standard InChI is InChI=1S/C24H25N3O6/c1-23(2,3)33-22(31)27-20(29)24(25-21(27)30,16-8-6-5-7-9-16)14-26-13-15-12-17(32-4)10-11-18(15)19(26)28/h5-13,28H,14H2,1-4H3,(H,25,30). The third kappa shape index (κ3) is 3.86. The SMILES string of the molecule is COc1ccc2c(O)n(CC3(c4ccccc4)NC(=O)N(C(=O)OC(C)(C)C)C3=O)cc2c1. The minimum Gasteiger partial charge on any atom is -0.497 e. The van der Waals surface area contributed by atoms with E-state index in [9.17, 15) is 19.5 Å². The Morgan fingerprint density at radius 3 is 2.45 bits per heavy atom. The largest absolute Gasteiger partial charge is 0.497 e. The molecule has 9 nitrogen and oxygen atoms in total. The lowest BCUT2D eigenvalue weighted by molar-refractivity contribution is -0.131. The molecule has 4 rings (SSSR count). The molecule has 1 saturated heterocycles. The smallest absolute Gasteiger partial charge is 0.425 e. The average molecular weight is 451 g/mol. The maximum absolute atomic E-state index is 13.6. The molecule has 2 aromatic carbocycles. The van der Waals surface area contributed by atoms with Crippen molar-refractivity contribution in [3.8, 4) is 11.6 Å². The second kappa shape index (κ2) is 7.84. The Bertz CT molecular complexity index is 1240. The van der Waals surface area contributed by atoms with Crippen LogP contribution in [0.4, 0.5) is 9.59 Å². The molecule has 4 amide bonds. The molecule has 0 radical (unpaired) electrons. The summed E-state index contributed by atoms with van der Waals surface area (Å²) in [5.74, 6) is -0.262. The van der Waals surface area contributed by atoms with Crippen LogP contribution in [0, 0.1) is 0 Å². The summed E-state index contributed by atoms with van der Waals surface area (Å²) < 4.78 is 12.0. The van der Waals surface area contributed by atoms with E-state index in [1.807, 2.05) is 0 Å². The third-order valence-electron chi connectivity index (χ3n) is 5.41. The van der Waals surface area contributed by atoms with Crippen molar-refractivity contribution < 1.29 is 29.0 Å². The molecule has 1 unspecified atom stereocenters. The first-order valence-corrected chi connectivity index (χ1v) is 10.4. The fraction of sp³-hybridized carbons (Fsp3) is 0.292. The van der Waals surface area contributed by atoms with Gasteiger partial charge in [0.15, 0.2) is 11.4 Å². The van der Waals surface area contributed by atoms with Crippen molar-refractivity contribution in [1.29, 1.82) is 0 Å². The number of nitrogens with zero attached hydrogens (tertiary/aromatic N) is 2. The van der Waals surface area contributed by atoms with Gasteiger partial charge in [-0.25, -0.2) is 9.59 Å². The maximum atomic E-state index is 13.6. The second-order valence-electron chi connectivity index (χ2n) is 8.86. The molecule has 1 aliphatic rings. The number of nitrogens with one attached hydrogen (secondary N) is 1. The van der Waals surface area contributed by atoms with Gasteiger partial charge in [0.2, 0.25) is 0 Å². The summed E-state index contributed by atoms with van der Waals surface area (Å²) in [5, 5.41) is 14.8. The van der Waals surface area contributed by atoms with Gasteiger partial charge in [-0.2, -0.15) is 4.90 Å². The van der Waals surface area contributed by atoms with Gasteiger partial charge in [0.25, 0.3) is 5.91 Å². The molecule has 1 aliphatic heterocycles. The number of aromatic hydroxyl groups is 1. The highest BCUT2D eigenvalue weighted by Crippen LogP contribution is 2.36. The van der Waals surface area contributed by atoms with Gasteiger partial charge in [-0.3, -0.25) is 4.79 Å². The van der Waals surface area contributed by atoms with Crippen LogP contribution in [0.3, 0.4) is 0 Å². The highest BCUT2D eigenvalue weighted by molar-refractivity contribution is 6.17. The number of aromatic nitrogens is 1. The Hall–Kier alpha value is -4.01. The third-order valence-corrected chi connectivity index (χ3v) is 5.41. The van der Waals surface area contributed by atoms with E-state index in [2.05, 4.69) is 5.32 Å². The molecular formula is C24H25N3O6. The van der Waals surface area contributed by atoms with E-state index in [-0.39, 0.29) is 12.4 Å². The van der Waals surface area contributed by atoms with E-state index in [1.54, 1.807) is 82.6 Å². The molecule has 2 heterocycles. The normalized spacial score (nSPS) is 18.5. The number of carbonyl (C=O) groups is 3. The van der Waals surface area contributed by atoms with Crippen molar-refractivity contribution >= 4 is 28.8 Å². The van der Waals surface area contributed by atoms with Crippen LogP contribution in [0.2, 0.25) is 0 Å². The summed E-state index contributed by atoms with van der Waals surface area (Å²) in [6.45, 7) is 4.78. The topological polar surface area (TPSA) is 110 Å². The Morgan fingerprint density at radius 1 is 1.12 bits per heavy atom. The zero-order valence-electron chi connectivity index (χ0n) is 18.8. The van der Waals surface area contributed by atoms with Crippen molar-refractivity contribution in [2.75, 3.05) is 7.11 Å². The molecule has 1 fully saturated rings. The number of amides is 4. The van der Waals surface area contributed by atoms with Crippen LogP contribution in [-0.2, 0) is 21.6 Å². The van der Waals surface area contributed by atoms with Crippen LogP contribution in [0.15, 0.2) is 54.7 Å². The summed E-state index contributed by atoms with van der Waals surface area (Å²) >= 11 is 0. The second-order valence-corrected chi connectivity index (χ2v) is 8.86. The van der Waals surface area contributed by atoms with E-state index < -0.39 is 29.2 Å². The highest BCUT2D eigenvalue weighted by atomic mass is 16.6. The number of hydrogen-bond donors (Lipinski definition) is 2. The lowest BCUT2D eigenvalue weighted by Gasteiger charge is -2.28. The van der Waals surface area contributed by atoms with Crippen molar-refractivity contribution in [2.24, 2.45) is 0 Å². The van der Waals surface area contributed by atoms with Crippen LogP contribution < -0.4 is 10.1 Å². The lowest BCUT2D eigenvalue weighted by Crippen LogP contribution is -2.48. The first-order valence-electron chi connectivity index (χ1n) is 10.4. The lowest BCUT2D eigenvalue weighted by atomic mass is 9.89. The molecule has 0 spiro atoms. The van der Waals surface area contributed by atoms with Gasteiger partial charge in [0, 0.05) is 17.0 Å². The van der Waals surface area contributed by atoms with E-state index in [1.165, 1.54) is 4.57 Å². The van der Waals surface area contributed by atoms with Crippen molar-refractivity contribution in [3.63, 3.8) is 0 Å².